The third kappa shape index (κ3) is 4.37. The summed E-state index contributed by atoms with van der Waals surface area (Å²) in [7, 11) is 0. The number of carbonyl (C=O) groups is 1. The van der Waals surface area contributed by atoms with Gasteiger partial charge in [-0.15, -0.1) is 0 Å². The number of benzene rings is 1. The molecule has 6 heteroatoms. The summed E-state index contributed by atoms with van der Waals surface area (Å²) in [6, 6.07) is 6.66. The van der Waals surface area contributed by atoms with E-state index in [-0.39, 0.29) is 11.7 Å². The molecule has 1 amide bonds. The molecule has 2 aliphatic heterocycles. The van der Waals surface area contributed by atoms with E-state index in [9.17, 15) is 14.3 Å². The Morgan fingerprint density at radius 3 is 2.64 bits per heavy atom. The average Bonchev–Trinajstić information content (AvgIpc) is 2.95. The molecule has 0 radical (unpaired) electrons. The monoisotopic (exact) mass is 349 g/mol. The Hall–Kier alpha value is -1.50. The summed E-state index contributed by atoms with van der Waals surface area (Å²) in [5.74, 6) is 0.357. The zero-order valence-electron chi connectivity index (χ0n) is 15.1. The topological polar surface area (TPSA) is 47.0 Å². The number of nitrogens with zero attached hydrogens (tertiary/aromatic N) is 3. The Labute approximate surface area is 149 Å². The van der Waals surface area contributed by atoms with Gasteiger partial charge in [0.1, 0.15) is 5.82 Å². The number of β-amino-alcohol motifs (C(OH)–C–C–N with tert-alkyl or cyclic N) is 1. The lowest BCUT2D eigenvalue weighted by Gasteiger charge is -2.39. The fourth-order valence-electron chi connectivity index (χ4n) is 4.10. The highest BCUT2D eigenvalue weighted by Crippen LogP contribution is 2.25. The normalized spacial score (nSPS) is 26.8. The Bertz CT molecular complexity index is 604. The SMILES string of the molecule is CC(=O)N1CCN([C@@H]2CN(C[C@H](O)c3cccc(F)c3)C[C@H]2C)CC1. The average molecular weight is 349 g/mol. The summed E-state index contributed by atoms with van der Waals surface area (Å²) < 4.78 is 13.3. The van der Waals surface area contributed by atoms with Crippen LogP contribution in [0.3, 0.4) is 0 Å². The number of halogens is 1. The van der Waals surface area contributed by atoms with E-state index in [1.165, 1.54) is 12.1 Å². The van der Waals surface area contributed by atoms with Crippen LogP contribution in [-0.4, -0.2) is 77.6 Å². The van der Waals surface area contributed by atoms with Gasteiger partial charge in [0.15, 0.2) is 0 Å². The van der Waals surface area contributed by atoms with Crippen LogP contribution in [0.15, 0.2) is 24.3 Å². The highest BCUT2D eigenvalue weighted by Gasteiger charge is 2.36. The van der Waals surface area contributed by atoms with E-state index in [1.54, 1.807) is 19.1 Å². The first-order chi connectivity index (χ1) is 11.9. The van der Waals surface area contributed by atoms with Gasteiger partial charge in [-0.3, -0.25) is 14.6 Å². The largest absolute Gasteiger partial charge is 0.387 e. The molecule has 0 aromatic heterocycles. The molecule has 1 aromatic rings. The minimum atomic E-state index is -0.670. The van der Waals surface area contributed by atoms with Gasteiger partial charge in [-0.05, 0) is 23.6 Å². The first-order valence-electron chi connectivity index (χ1n) is 9.09. The number of aliphatic hydroxyl groups is 1. The Morgan fingerprint density at radius 2 is 2.00 bits per heavy atom. The lowest BCUT2D eigenvalue weighted by Crippen LogP contribution is -2.53. The van der Waals surface area contributed by atoms with E-state index in [1.807, 2.05) is 4.90 Å². The molecular weight excluding hydrogens is 321 g/mol. The molecule has 0 unspecified atom stereocenters. The Morgan fingerprint density at radius 1 is 1.28 bits per heavy atom. The molecule has 0 aliphatic carbocycles. The third-order valence-electron chi connectivity index (χ3n) is 5.54. The van der Waals surface area contributed by atoms with E-state index in [2.05, 4.69) is 16.7 Å². The summed E-state index contributed by atoms with van der Waals surface area (Å²) in [6.07, 6.45) is -0.670. The van der Waals surface area contributed by atoms with Gasteiger partial charge in [0, 0.05) is 58.8 Å². The van der Waals surface area contributed by atoms with Crippen LogP contribution in [0.5, 0.6) is 0 Å². The molecule has 5 nitrogen and oxygen atoms in total. The number of amides is 1. The van der Waals surface area contributed by atoms with Crippen molar-refractivity contribution in [1.29, 1.82) is 0 Å². The number of piperazine rings is 1. The predicted octanol–water partition coefficient (Wildman–Crippen LogP) is 1.34. The van der Waals surface area contributed by atoms with Crippen molar-refractivity contribution in [3.63, 3.8) is 0 Å². The predicted molar refractivity (Wildman–Crippen MR) is 94.6 cm³/mol. The second kappa shape index (κ2) is 7.81. The van der Waals surface area contributed by atoms with Crippen LogP contribution in [-0.2, 0) is 4.79 Å². The Balaban J connectivity index is 1.54. The minimum Gasteiger partial charge on any atom is -0.387 e. The van der Waals surface area contributed by atoms with Gasteiger partial charge in [0.2, 0.25) is 5.91 Å². The van der Waals surface area contributed by atoms with Crippen molar-refractivity contribution in [2.45, 2.75) is 26.0 Å². The van der Waals surface area contributed by atoms with E-state index in [0.29, 0.717) is 24.1 Å². The molecule has 0 spiro atoms. The number of carbonyl (C=O) groups excluding carboxylic acids is 1. The van der Waals surface area contributed by atoms with Gasteiger partial charge < -0.3 is 10.0 Å². The maximum atomic E-state index is 13.3. The van der Waals surface area contributed by atoms with Gasteiger partial charge in [0.05, 0.1) is 6.10 Å². The smallest absolute Gasteiger partial charge is 0.219 e. The molecule has 2 saturated heterocycles. The molecule has 3 atom stereocenters. The third-order valence-corrected chi connectivity index (χ3v) is 5.54. The summed E-state index contributed by atoms with van der Waals surface area (Å²) in [5.41, 5.74) is 0.631. The number of aliphatic hydroxyl groups excluding tert-OH is 1. The number of likely N-dealkylation sites (tertiary alicyclic amines) is 1. The summed E-state index contributed by atoms with van der Waals surface area (Å²) in [5, 5.41) is 10.4. The molecule has 25 heavy (non-hydrogen) atoms. The first kappa shape index (κ1) is 18.3. The van der Waals surface area contributed by atoms with Gasteiger partial charge in [0.25, 0.3) is 0 Å². The molecule has 2 heterocycles. The minimum absolute atomic E-state index is 0.152. The fourth-order valence-corrected chi connectivity index (χ4v) is 4.10. The van der Waals surface area contributed by atoms with E-state index in [0.717, 1.165) is 39.3 Å². The quantitative estimate of drug-likeness (QED) is 0.891. The molecule has 1 N–H and O–H groups in total. The number of hydrogen-bond donors (Lipinski definition) is 1. The van der Waals surface area contributed by atoms with Gasteiger partial charge >= 0.3 is 0 Å². The van der Waals surface area contributed by atoms with Crippen molar-refractivity contribution in [2.24, 2.45) is 5.92 Å². The van der Waals surface area contributed by atoms with Crippen LogP contribution in [0, 0.1) is 11.7 Å². The number of hydrogen-bond acceptors (Lipinski definition) is 4. The highest BCUT2D eigenvalue weighted by molar-refractivity contribution is 5.73. The van der Waals surface area contributed by atoms with Crippen LogP contribution in [0.2, 0.25) is 0 Å². The van der Waals surface area contributed by atoms with Crippen molar-refractivity contribution in [3.05, 3.63) is 35.6 Å². The Kier molecular flexibility index (Phi) is 5.71. The van der Waals surface area contributed by atoms with Gasteiger partial charge in [-0.2, -0.15) is 0 Å². The molecule has 0 bridgehead atoms. The van der Waals surface area contributed by atoms with Crippen LogP contribution < -0.4 is 0 Å². The maximum absolute atomic E-state index is 13.3. The van der Waals surface area contributed by atoms with Crippen molar-refractivity contribution >= 4 is 5.91 Å². The van der Waals surface area contributed by atoms with E-state index < -0.39 is 6.10 Å². The molecule has 3 rings (SSSR count). The molecule has 1 aromatic carbocycles. The van der Waals surface area contributed by atoms with Crippen LogP contribution >= 0.6 is 0 Å². The van der Waals surface area contributed by atoms with Crippen molar-refractivity contribution in [2.75, 3.05) is 45.8 Å². The van der Waals surface area contributed by atoms with Crippen molar-refractivity contribution in [1.82, 2.24) is 14.7 Å². The highest BCUT2D eigenvalue weighted by atomic mass is 19.1. The van der Waals surface area contributed by atoms with E-state index in [4.69, 9.17) is 0 Å². The lowest BCUT2D eigenvalue weighted by atomic mass is 10.0. The van der Waals surface area contributed by atoms with Gasteiger partial charge in [-0.25, -0.2) is 4.39 Å². The van der Waals surface area contributed by atoms with Crippen LogP contribution in [0.25, 0.3) is 0 Å². The zero-order valence-corrected chi connectivity index (χ0v) is 15.1. The summed E-state index contributed by atoms with van der Waals surface area (Å²) >= 11 is 0. The van der Waals surface area contributed by atoms with Crippen molar-refractivity contribution in [3.8, 4) is 0 Å². The first-order valence-corrected chi connectivity index (χ1v) is 9.09. The number of rotatable bonds is 4. The molecule has 2 aliphatic rings. The van der Waals surface area contributed by atoms with Gasteiger partial charge in [-0.1, -0.05) is 19.1 Å². The summed E-state index contributed by atoms with van der Waals surface area (Å²) in [4.78, 5) is 18.1. The van der Waals surface area contributed by atoms with E-state index >= 15 is 0 Å². The second-order valence-corrected chi connectivity index (χ2v) is 7.38. The second-order valence-electron chi connectivity index (χ2n) is 7.38. The summed E-state index contributed by atoms with van der Waals surface area (Å²) in [6.45, 7) is 9.66. The molecule has 2 fully saturated rings. The zero-order chi connectivity index (χ0) is 18.0. The fraction of sp³-hybridized carbons (Fsp3) is 0.632. The molecular formula is C19H28FN3O2. The lowest BCUT2D eigenvalue weighted by molar-refractivity contribution is -0.130. The van der Waals surface area contributed by atoms with Crippen LogP contribution in [0.1, 0.15) is 25.5 Å². The van der Waals surface area contributed by atoms with Crippen molar-refractivity contribution < 1.29 is 14.3 Å². The standard InChI is InChI=1S/C19H28FN3O2/c1-14-11-21(13-19(25)16-4-3-5-17(20)10-16)12-18(14)23-8-6-22(7-9-23)15(2)24/h3-5,10,14,18-19,25H,6-9,11-13H2,1-2H3/t14-,18-,19+/m1/s1. The van der Waals surface area contributed by atoms with Crippen LogP contribution in [0.4, 0.5) is 4.39 Å². The molecule has 138 valence electrons. The molecule has 0 saturated carbocycles. The maximum Gasteiger partial charge on any atom is 0.219 e.